The van der Waals surface area contributed by atoms with Crippen LogP contribution >= 0.6 is 11.6 Å². The minimum absolute atomic E-state index is 0.101. The number of halogens is 1. The van der Waals surface area contributed by atoms with E-state index >= 15 is 0 Å². The quantitative estimate of drug-likeness (QED) is 0.439. The number of pyridine rings is 1. The molecule has 2 heterocycles. The van der Waals surface area contributed by atoms with Gasteiger partial charge in [-0.25, -0.2) is 0 Å². The van der Waals surface area contributed by atoms with E-state index in [9.17, 15) is 9.59 Å². The average molecular weight is 402 g/mol. The summed E-state index contributed by atoms with van der Waals surface area (Å²) < 4.78 is 0. The zero-order valence-corrected chi connectivity index (χ0v) is 16.4. The number of nitrogens with zero attached hydrogens (tertiary/aromatic N) is 2. The van der Waals surface area contributed by atoms with E-state index in [1.165, 1.54) is 17.8 Å². The summed E-state index contributed by atoms with van der Waals surface area (Å²) in [6.07, 6.45) is 6.42. The van der Waals surface area contributed by atoms with Gasteiger partial charge in [-0.1, -0.05) is 28.9 Å². The van der Waals surface area contributed by atoms with Crippen LogP contribution in [0.1, 0.15) is 30.4 Å². The second kappa shape index (κ2) is 10.1. The number of likely N-dealkylation sites (tertiary alicyclic amines) is 1. The maximum absolute atomic E-state index is 12.3. The Hall–Kier alpha value is -2.60. The fourth-order valence-corrected chi connectivity index (χ4v) is 3.41. The third-order valence-corrected chi connectivity index (χ3v) is 5.15. The minimum atomic E-state index is -0.166. The predicted molar refractivity (Wildman–Crippen MR) is 110 cm³/mol. The molecule has 0 atom stereocenters. The summed E-state index contributed by atoms with van der Waals surface area (Å²) in [6, 6.07) is 11.1. The molecule has 7 heteroatoms. The normalized spacial score (nSPS) is 15.1. The summed E-state index contributed by atoms with van der Waals surface area (Å²) in [6.45, 7) is 1.82. The third-order valence-electron chi connectivity index (χ3n) is 4.90. The van der Waals surface area contributed by atoms with Crippen LogP contribution in [0.4, 0.5) is 0 Å². The van der Waals surface area contributed by atoms with Crippen LogP contribution in [-0.4, -0.2) is 41.7 Å². The van der Waals surface area contributed by atoms with Crippen molar-refractivity contribution in [1.82, 2.24) is 9.88 Å². The fourth-order valence-electron chi connectivity index (χ4n) is 3.29. The van der Waals surface area contributed by atoms with E-state index in [-0.39, 0.29) is 18.1 Å². The van der Waals surface area contributed by atoms with Crippen molar-refractivity contribution < 1.29 is 9.63 Å². The number of hydrogen-bond acceptors (Lipinski definition) is 4. The van der Waals surface area contributed by atoms with Gasteiger partial charge in [-0.15, -0.1) is 0 Å². The number of nitrogens with one attached hydrogen (secondary N) is 1. The van der Waals surface area contributed by atoms with E-state index in [0.717, 1.165) is 42.9 Å². The number of aromatic nitrogens is 1. The highest BCUT2D eigenvalue weighted by molar-refractivity contribution is 6.30. The number of aromatic amines is 1. The second-order valence-electron chi connectivity index (χ2n) is 6.96. The number of piperidine rings is 1. The van der Waals surface area contributed by atoms with Crippen molar-refractivity contribution >= 4 is 23.7 Å². The molecule has 1 aliphatic rings. The maximum atomic E-state index is 12.3. The molecule has 3 rings (SSSR count). The lowest BCUT2D eigenvalue weighted by Gasteiger charge is -2.32. The van der Waals surface area contributed by atoms with Gasteiger partial charge >= 0.3 is 0 Å². The van der Waals surface area contributed by atoms with Crippen molar-refractivity contribution in [2.45, 2.75) is 25.7 Å². The van der Waals surface area contributed by atoms with Gasteiger partial charge in [0.25, 0.3) is 0 Å². The highest BCUT2D eigenvalue weighted by atomic mass is 35.5. The van der Waals surface area contributed by atoms with Crippen LogP contribution in [0.25, 0.3) is 0 Å². The van der Waals surface area contributed by atoms with Crippen LogP contribution in [0, 0.1) is 5.92 Å². The molecule has 0 aliphatic carbocycles. The first kappa shape index (κ1) is 20.1. The second-order valence-corrected chi connectivity index (χ2v) is 7.40. The Morgan fingerprint density at radius 3 is 2.64 bits per heavy atom. The van der Waals surface area contributed by atoms with Crippen LogP contribution in [0.15, 0.2) is 52.5 Å². The van der Waals surface area contributed by atoms with E-state index in [4.69, 9.17) is 16.4 Å². The lowest BCUT2D eigenvalue weighted by atomic mass is 9.90. The first-order chi connectivity index (χ1) is 13.6. The number of carbonyl (C=O) groups excluding carboxylic acids is 1. The molecule has 0 spiro atoms. The molecule has 1 saturated heterocycles. The van der Waals surface area contributed by atoms with E-state index in [0.29, 0.717) is 12.3 Å². The van der Waals surface area contributed by atoms with Gasteiger partial charge in [-0.3, -0.25) is 9.59 Å². The summed E-state index contributed by atoms with van der Waals surface area (Å²) in [5.74, 6) is 0.701. The number of hydrogen-bond donors (Lipinski definition) is 1. The van der Waals surface area contributed by atoms with Crippen molar-refractivity contribution in [3.05, 3.63) is 69.1 Å². The van der Waals surface area contributed by atoms with Gasteiger partial charge in [0, 0.05) is 35.9 Å². The smallest absolute Gasteiger partial charge is 0.247 e. The molecule has 1 aromatic carbocycles. The van der Waals surface area contributed by atoms with Crippen LogP contribution < -0.4 is 5.56 Å². The molecule has 28 heavy (non-hydrogen) atoms. The highest BCUT2D eigenvalue weighted by Crippen LogP contribution is 2.23. The van der Waals surface area contributed by atoms with E-state index in [1.807, 2.05) is 17.0 Å². The Labute approximate surface area is 169 Å². The number of oxime groups is 1. The number of rotatable bonds is 7. The van der Waals surface area contributed by atoms with Crippen LogP contribution in [-0.2, 0) is 16.1 Å². The molecule has 1 amide bonds. The molecule has 1 aromatic heterocycles. The Morgan fingerprint density at radius 2 is 1.96 bits per heavy atom. The molecule has 1 N–H and O–H groups in total. The summed E-state index contributed by atoms with van der Waals surface area (Å²) >= 11 is 5.93. The molecule has 0 unspecified atom stereocenters. The van der Waals surface area contributed by atoms with Gasteiger partial charge in [0.05, 0.1) is 12.6 Å². The van der Waals surface area contributed by atoms with Gasteiger partial charge in [-0.05, 0) is 48.9 Å². The first-order valence-electron chi connectivity index (χ1n) is 9.46. The summed E-state index contributed by atoms with van der Waals surface area (Å²) in [7, 11) is 0. The number of benzene rings is 1. The lowest BCUT2D eigenvalue weighted by molar-refractivity contribution is -0.133. The highest BCUT2D eigenvalue weighted by Gasteiger charge is 2.22. The number of carbonyl (C=O) groups is 1. The molecule has 148 valence electrons. The largest absolute Gasteiger partial charge is 0.395 e. The first-order valence-corrected chi connectivity index (χ1v) is 9.84. The van der Waals surface area contributed by atoms with Gasteiger partial charge in [0.1, 0.15) is 6.61 Å². The van der Waals surface area contributed by atoms with Gasteiger partial charge in [-0.2, -0.15) is 0 Å². The molecule has 0 saturated carbocycles. The molecule has 0 bridgehead atoms. The monoisotopic (exact) mass is 401 g/mol. The zero-order chi connectivity index (χ0) is 19.8. The van der Waals surface area contributed by atoms with Crippen molar-refractivity contribution in [3.8, 4) is 0 Å². The predicted octanol–water partition coefficient (Wildman–Crippen LogP) is 3.25. The summed E-state index contributed by atoms with van der Waals surface area (Å²) in [5.41, 5.74) is 1.86. The molecule has 2 aromatic rings. The standard InChI is InChI=1S/C21H24ClN3O3/c22-19-4-1-16(2-5-19)13-17-7-10-25(11-8-17)21(27)9-12-28-24-15-18-3-6-20(26)23-14-18/h1-6,14-15,17H,7-13H2,(H,23,26)/b24-15+. The molecular formula is C21H24ClN3O3. The van der Waals surface area contributed by atoms with Gasteiger partial charge in [0.15, 0.2) is 0 Å². The van der Waals surface area contributed by atoms with Crippen molar-refractivity contribution in [2.75, 3.05) is 19.7 Å². The number of H-pyrrole nitrogens is 1. The molecule has 0 radical (unpaired) electrons. The fraction of sp³-hybridized carbons (Fsp3) is 0.381. The Morgan fingerprint density at radius 1 is 1.21 bits per heavy atom. The van der Waals surface area contributed by atoms with Crippen molar-refractivity contribution in [3.63, 3.8) is 0 Å². The molecule has 1 fully saturated rings. The Balaban J connectivity index is 1.34. The Bertz CT molecular complexity index is 835. The van der Waals surface area contributed by atoms with E-state index in [2.05, 4.69) is 22.3 Å². The topological polar surface area (TPSA) is 74.8 Å². The Kier molecular flexibility index (Phi) is 7.25. The SMILES string of the molecule is O=C(CCO/N=C/c1ccc(=O)[nH]c1)N1CCC(Cc2ccc(Cl)cc2)CC1. The van der Waals surface area contributed by atoms with E-state index < -0.39 is 0 Å². The van der Waals surface area contributed by atoms with Gasteiger partial charge in [0.2, 0.25) is 11.5 Å². The molecule has 6 nitrogen and oxygen atoms in total. The van der Waals surface area contributed by atoms with Gasteiger partial charge < -0.3 is 14.7 Å². The molecular weight excluding hydrogens is 378 g/mol. The lowest BCUT2D eigenvalue weighted by Crippen LogP contribution is -2.39. The third kappa shape index (κ3) is 6.23. The average Bonchev–Trinajstić information content (AvgIpc) is 2.71. The summed E-state index contributed by atoms with van der Waals surface area (Å²) in [4.78, 5) is 32.9. The van der Waals surface area contributed by atoms with Crippen molar-refractivity contribution in [2.24, 2.45) is 11.1 Å². The van der Waals surface area contributed by atoms with Crippen LogP contribution in [0.5, 0.6) is 0 Å². The van der Waals surface area contributed by atoms with Crippen LogP contribution in [0.3, 0.4) is 0 Å². The number of amides is 1. The van der Waals surface area contributed by atoms with E-state index in [1.54, 1.807) is 12.3 Å². The molecule has 1 aliphatic heterocycles. The summed E-state index contributed by atoms with van der Waals surface area (Å²) in [5, 5.41) is 4.58. The zero-order valence-electron chi connectivity index (χ0n) is 15.6. The maximum Gasteiger partial charge on any atom is 0.247 e. The minimum Gasteiger partial charge on any atom is -0.395 e. The van der Waals surface area contributed by atoms with Crippen molar-refractivity contribution in [1.29, 1.82) is 0 Å². The van der Waals surface area contributed by atoms with Crippen LogP contribution in [0.2, 0.25) is 5.02 Å².